The largest absolute Gasteiger partial charge is 0.464 e. The lowest BCUT2D eigenvalue weighted by molar-refractivity contribution is 0.302. The number of hydrogen-bond donors (Lipinski definition) is 1. The highest BCUT2D eigenvalue weighted by atomic mass is 35.5. The third-order valence-corrected chi connectivity index (χ3v) is 3.47. The molecule has 0 saturated carbocycles. The molecule has 2 aromatic rings. The molecule has 0 atom stereocenters. The van der Waals surface area contributed by atoms with E-state index in [9.17, 15) is 0 Å². The van der Waals surface area contributed by atoms with Gasteiger partial charge in [-0.1, -0.05) is 54.0 Å². The molecule has 1 aromatic carbocycles. The molecule has 19 heavy (non-hydrogen) atoms. The Kier molecular flexibility index (Phi) is 5.13. The van der Waals surface area contributed by atoms with Gasteiger partial charge >= 0.3 is 0 Å². The van der Waals surface area contributed by atoms with Crippen molar-refractivity contribution < 1.29 is 4.74 Å². The van der Waals surface area contributed by atoms with E-state index in [1.54, 1.807) is 0 Å². The highest BCUT2D eigenvalue weighted by Crippen LogP contribution is 2.19. The molecule has 0 aliphatic rings. The van der Waals surface area contributed by atoms with Crippen LogP contribution in [0.25, 0.3) is 0 Å². The lowest BCUT2D eigenvalue weighted by Gasteiger charge is -2.04. The van der Waals surface area contributed by atoms with Gasteiger partial charge in [0.05, 0.1) is 6.54 Å². The summed E-state index contributed by atoms with van der Waals surface area (Å²) in [4.78, 5) is 0. The molecule has 0 spiro atoms. The van der Waals surface area contributed by atoms with Crippen LogP contribution in [0.5, 0.6) is 5.19 Å². The van der Waals surface area contributed by atoms with Gasteiger partial charge in [0.1, 0.15) is 11.6 Å². The van der Waals surface area contributed by atoms with E-state index in [-0.39, 0.29) is 0 Å². The van der Waals surface area contributed by atoms with Crippen LogP contribution in [0.1, 0.15) is 24.4 Å². The number of nitrogens with one attached hydrogen (secondary N) is 1. The van der Waals surface area contributed by atoms with Gasteiger partial charge in [0.25, 0.3) is 5.19 Å². The molecule has 102 valence electrons. The first-order chi connectivity index (χ1) is 9.13. The van der Waals surface area contributed by atoms with Crippen molar-refractivity contribution in [1.82, 2.24) is 15.5 Å². The highest BCUT2D eigenvalue weighted by Gasteiger charge is 2.06. The quantitative estimate of drug-likeness (QED) is 0.889. The van der Waals surface area contributed by atoms with E-state index < -0.39 is 0 Å². The molecule has 0 saturated heterocycles. The zero-order valence-corrected chi connectivity index (χ0v) is 12.5. The molecule has 0 aliphatic carbocycles. The van der Waals surface area contributed by atoms with Crippen LogP contribution in [0.2, 0.25) is 5.02 Å². The molecule has 6 heteroatoms. The van der Waals surface area contributed by atoms with Gasteiger partial charge in [-0.3, -0.25) is 0 Å². The lowest BCUT2D eigenvalue weighted by Crippen LogP contribution is -2.21. The summed E-state index contributed by atoms with van der Waals surface area (Å²) in [6.45, 7) is 5.39. The van der Waals surface area contributed by atoms with Crippen LogP contribution >= 0.6 is 22.9 Å². The van der Waals surface area contributed by atoms with Crippen LogP contribution in [-0.4, -0.2) is 16.2 Å². The average Bonchev–Trinajstić information content (AvgIpc) is 2.84. The van der Waals surface area contributed by atoms with Gasteiger partial charge in [0, 0.05) is 11.1 Å². The molecular formula is C13H16ClN3OS. The van der Waals surface area contributed by atoms with Crippen molar-refractivity contribution in [2.45, 2.75) is 33.0 Å². The molecule has 0 unspecified atom stereocenters. The van der Waals surface area contributed by atoms with Crippen molar-refractivity contribution in [1.29, 1.82) is 0 Å². The lowest BCUT2D eigenvalue weighted by atomic mass is 10.2. The van der Waals surface area contributed by atoms with Crippen LogP contribution in [-0.2, 0) is 13.2 Å². The van der Waals surface area contributed by atoms with Crippen LogP contribution in [0.3, 0.4) is 0 Å². The summed E-state index contributed by atoms with van der Waals surface area (Å²) in [5.41, 5.74) is 1.06. The first kappa shape index (κ1) is 14.2. The number of halogens is 1. The summed E-state index contributed by atoms with van der Waals surface area (Å²) in [6, 6.07) is 7.99. The second-order valence-corrected chi connectivity index (χ2v) is 5.87. The Morgan fingerprint density at radius 3 is 2.68 bits per heavy atom. The summed E-state index contributed by atoms with van der Waals surface area (Å²) >= 11 is 7.29. The Labute approximate surface area is 121 Å². The van der Waals surface area contributed by atoms with E-state index >= 15 is 0 Å². The SMILES string of the molecule is CC(C)NCc1nnc(OCc2ccc(Cl)cc2)s1. The second-order valence-electron chi connectivity index (χ2n) is 4.41. The summed E-state index contributed by atoms with van der Waals surface area (Å²) in [6.07, 6.45) is 0. The maximum Gasteiger partial charge on any atom is 0.294 e. The number of rotatable bonds is 6. The van der Waals surface area contributed by atoms with Crippen molar-refractivity contribution >= 4 is 22.9 Å². The zero-order chi connectivity index (χ0) is 13.7. The predicted molar refractivity (Wildman–Crippen MR) is 77.7 cm³/mol. The second kappa shape index (κ2) is 6.84. The third-order valence-electron chi connectivity index (χ3n) is 2.39. The Morgan fingerprint density at radius 1 is 1.26 bits per heavy atom. The number of benzene rings is 1. The maximum absolute atomic E-state index is 5.82. The minimum absolute atomic E-state index is 0.433. The van der Waals surface area contributed by atoms with Crippen LogP contribution < -0.4 is 10.1 Å². The van der Waals surface area contributed by atoms with Crippen LogP contribution in [0.15, 0.2) is 24.3 Å². The van der Waals surface area contributed by atoms with Crippen molar-refractivity contribution in [3.8, 4) is 5.19 Å². The molecule has 0 bridgehead atoms. The normalized spacial score (nSPS) is 10.9. The molecule has 1 N–H and O–H groups in total. The summed E-state index contributed by atoms with van der Waals surface area (Å²) in [5, 5.41) is 13.6. The smallest absolute Gasteiger partial charge is 0.294 e. The average molecular weight is 298 g/mol. The zero-order valence-electron chi connectivity index (χ0n) is 10.9. The molecule has 4 nitrogen and oxygen atoms in total. The third kappa shape index (κ3) is 4.78. The van der Waals surface area contributed by atoms with Crippen LogP contribution in [0, 0.1) is 0 Å². The van der Waals surface area contributed by atoms with E-state index in [1.165, 1.54) is 11.3 Å². The topological polar surface area (TPSA) is 47.0 Å². The summed E-state index contributed by atoms with van der Waals surface area (Å²) in [7, 11) is 0. The van der Waals surface area contributed by atoms with Crippen molar-refractivity contribution in [2.24, 2.45) is 0 Å². The Morgan fingerprint density at radius 2 is 2.00 bits per heavy atom. The standard InChI is InChI=1S/C13H16ClN3OS/c1-9(2)15-7-12-16-17-13(19-12)18-8-10-3-5-11(14)6-4-10/h3-6,9,15H,7-8H2,1-2H3. The van der Waals surface area contributed by atoms with E-state index in [1.807, 2.05) is 24.3 Å². The first-order valence-corrected chi connectivity index (χ1v) is 7.26. The number of ether oxygens (including phenoxy) is 1. The minimum atomic E-state index is 0.433. The fourth-order valence-electron chi connectivity index (χ4n) is 1.39. The molecule has 1 heterocycles. The highest BCUT2D eigenvalue weighted by molar-refractivity contribution is 7.13. The number of nitrogens with zero attached hydrogens (tertiary/aromatic N) is 2. The van der Waals surface area contributed by atoms with E-state index in [4.69, 9.17) is 16.3 Å². The van der Waals surface area contributed by atoms with Gasteiger partial charge in [-0.2, -0.15) is 0 Å². The Hall–Kier alpha value is -1.17. The molecule has 1 aromatic heterocycles. The molecule has 2 rings (SSSR count). The molecule has 0 amide bonds. The van der Waals surface area contributed by atoms with Gasteiger partial charge < -0.3 is 10.1 Å². The van der Waals surface area contributed by atoms with E-state index in [0.29, 0.717) is 17.8 Å². The fourth-order valence-corrected chi connectivity index (χ4v) is 2.15. The van der Waals surface area contributed by atoms with E-state index in [2.05, 4.69) is 29.4 Å². The van der Waals surface area contributed by atoms with Gasteiger partial charge in [-0.15, -0.1) is 5.10 Å². The number of hydrogen-bond acceptors (Lipinski definition) is 5. The molecule has 0 fully saturated rings. The maximum atomic E-state index is 5.82. The molecular weight excluding hydrogens is 282 g/mol. The van der Waals surface area contributed by atoms with Gasteiger partial charge in [-0.05, 0) is 17.7 Å². The first-order valence-electron chi connectivity index (χ1n) is 6.06. The van der Waals surface area contributed by atoms with Gasteiger partial charge in [0.15, 0.2) is 0 Å². The Balaban J connectivity index is 1.84. The molecule has 0 radical (unpaired) electrons. The van der Waals surface area contributed by atoms with Gasteiger partial charge in [0.2, 0.25) is 0 Å². The Bertz CT molecular complexity index is 513. The number of aromatic nitrogens is 2. The van der Waals surface area contributed by atoms with Crippen molar-refractivity contribution in [3.63, 3.8) is 0 Å². The predicted octanol–water partition coefficient (Wildman–Crippen LogP) is 3.27. The van der Waals surface area contributed by atoms with E-state index in [0.717, 1.165) is 22.1 Å². The van der Waals surface area contributed by atoms with Gasteiger partial charge in [-0.25, -0.2) is 0 Å². The van der Waals surface area contributed by atoms with Crippen molar-refractivity contribution in [3.05, 3.63) is 39.9 Å². The molecule has 0 aliphatic heterocycles. The monoisotopic (exact) mass is 297 g/mol. The minimum Gasteiger partial charge on any atom is -0.464 e. The summed E-state index contributed by atoms with van der Waals surface area (Å²) in [5.74, 6) is 0. The van der Waals surface area contributed by atoms with Crippen molar-refractivity contribution in [2.75, 3.05) is 0 Å². The van der Waals surface area contributed by atoms with Crippen LogP contribution in [0.4, 0.5) is 0 Å². The fraction of sp³-hybridized carbons (Fsp3) is 0.385. The summed E-state index contributed by atoms with van der Waals surface area (Å²) < 4.78 is 5.59.